The monoisotopic (exact) mass is 402 g/mol. The number of hydrogen-bond acceptors (Lipinski definition) is 7. The van der Waals surface area contributed by atoms with Crippen molar-refractivity contribution in [1.29, 1.82) is 0 Å². The molecule has 0 saturated carbocycles. The minimum Gasteiger partial charge on any atom is -0.462 e. The summed E-state index contributed by atoms with van der Waals surface area (Å²) < 4.78 is 5.93. The van der Waals surface area contributed by atoms with Crippen molar-refractivity contribution in [3.8, 4) is 0 Å². The van der Waals surface area contributed by atoms with Crippen LogP contribution in [0.1, 0.15) is 17.3 Å². The van der Waals surface area contributed by atoms with E-state index in [2.05, 4.69) is 10.4 Å². The van der Waals surface area contributed by atoms with E-state index < -0.39 is 17.4 Å². The molecule has 2 heterocycles. The Bertz CT molecular complexity index is 1000. The molecule has 1 aromatic heterocycles. The van der Waals surface area contributed by atoms with Crippen molar-refractivity contribution in [2.24, 2.45) is 0 Å². The predicted octanol–water partition coefficient (Wildman–Crippen LogP) is 1.13. The zero-order chi connectivity index (χ0) is 20.3. The fourth-order valence-corrected chi connectivity index (χ4v) is 3.58. The summed E-state index contributed by atoms with van der Waals surface area (Å²) >= 11 is 1.24. The van der Waals surface area contributed by atoms with Crippen LogP contribution in [0.2, 0.25) is 0 Å². The van der Waals surface area contributed by atoms with Gasteiger partial charge in [-0.1, -0.05) is 6.07 Å². The molecule has 1 aliphatic rings. The fraction of sp³-hybridized carbons (Fsp3) is 0.278. The van der Waals surface area contributed by atoms with Gasteiger partial charge in [0, 0.05) is 12.7 Å². The molecule has 0 bridgehead atoms. The maximum atomic E-state index is 12.6. The third-order valence-corrected chi connectivity index (χ3v) is 5.00. The van der Waals surface area contributed by atoms with E-state index in [0.29, 0.717) is 16.1 Å². The Morgan fingerprint density at radius 1 is 1.32 bits per heavy atom. The highest BCUT2D eigenvalue weighted by molar-refractivity contribution is 8.00. The van der Waals surface area contributed by atoms with E-state index in [0.717, 1.165) is 4.68 Å². The summed E-state index contributed by atoms with van der Waals surface area (Å²) in [6, 6.07) is 6.30. The molecule has 28 heavy (non-hydrogen) atoms. The first-order chi connectivity index (χ1) is 13.4. The van der Waals surface area contributed by atoms with E-state index >= 15 is 0 Å². The predicted molar refractivity (Wildman–Crippen MR) is 104 cm³/mol. The van der Waals surface area contributed by atoms with Crippen molar-refractivity contribution in [3.63, 3.8) is 0 Å². The van der Waals surface area contributed by atoms with Crippen LogP contribution in [0.15, 0.2) is 40.2 Å². The molecule has 0 atom stereocenters. The molecule has 1 aromatic carbocycles. The minimum atomic E-state index is -0.518. The third kappa shape index (κ3) is 4.06. The molecule has 0 fully saturated rings. The molecule has 10 heteroatoms. The highest BCUT2D eigenvalue weighted by atomic mass is 32.2. The lowest BCUT2D eigenvalue weighted by Gasteiger charge is -2.24. The lowest BCUT2D eigenvalue weighted by molar-refractivity contribution is -0.117. The Labute approximate surface area is 164 Å². The smallest absolute Gasteiger partial charge is 0.338 e. The molecule has 0 spiro atoms. The number of hydrogen-bond donors (Lipinski definition) is 1. The standard InChI is InChI=1S/C18H18N4O5S/c1-3-27-18(26)11-5-4-6-12(7-11)20-14(23)9-22-17(25)16-13(8-19-22)28-10-15(24)21(16)2/h4-8H,3,9-10H2,1-2H3,(H,20,23). The summed E-state index contributed by atoms with van der Waals surface area (Å²) in [4.78, 5) is 50.5. The number of carbonyl (C=O) groups excluding carboxylic acids is 3. The van der Waals surface area contributed by atoms with Gasteiger partial charge in [0.25, 0.3) is 5.56 Å². The number of thioether (sulfide) groups is 1. The molecule has 2 aromatic rings. The lowest BCUT2D eigenvalue weighted by atomic mass is 10.2. The van der Waals surface area contributed by atoms with Gasteiger partial charge in [-0.3, -0.25) is 14.4 Å². The van der Waals surface area contributed by atoms with E-state index in [4.69, 9.17) is 4.74 Å². The van der Waals surface area contributed by atoms with E-state index in [-0.39, 0.29) is 30.5 Å². The van der Waals surface area contributed by atoms with Gasteiger partial charge >= 0.3 is 5.97 Å². The van der Waals surface area contributed by atoms with Crippen molar-refractivity contribution in [3.05, 3.63) is 46.4 Å². The average molecular weight is 402 g/mol. The molecule has 1 aliphatic heterocycles. The van der Waals surface area contributed by atoms with Crippen LogP contribution in [0, 0.1) is 0 Å². The highest BCUT2D eigenvalue weighted by Crippen LogP contribution is 2.30. The number of ether oxygens (including phenoxy) is 1. The second-order valence-corrected chi connectivity index (χ2v) is 6.93. The number of carbonyl (C=O) groups is 3. The lowest BCUT2D eigenvalue weighted by Crippen LogP contribution is -2.40. The maximum absolute atomic E-state index is 12.6. The van der Waals surface area contributed by atoms with E-state index in [1.54, 1.807) is 25.1 Å². The normalized spacial score (nSPS) is 13.1. The number of benzene rings is 1. The molecule has 0 radical (unpaired) electrons. The van der Waals surface area contributed by atoms with Gasteiger partial charge < -0.3 is 15.0 Å². The van der Waals surface area contributed by atoms with Gasteiger partial charge in [-0.25, -0.2) is 9.48 Å². The van der Waals surface area contributed by atoms with E-state index in [1.165, 1.54) is 36.0 Å². The van der Waals surface area contributed by atoms with Crippen molar-refractivity contribution in [2.45, 2.75) is 18.4 Å². The van der Waals surface area contributed by atoms with Crippen LogP contribution >= 0.6 is 11.8 Å². The fourth-order valence-electron chi connectivity index (χ4n) is 2.63. The second-order valence-electron chi connectivity index (χ2n) is 5.91. The van der Waals surface area contributed by atoms with Crippen LogP contribution in [0.5, 0.6) is 0 Å². The molecule has 3 rings (SSSR count). The minimum absolute atomic E-state index is 0.187. The van der Waals surface area contributed by atoms with Gasteiger partial charge in [-0.05, 0) is 25.1 Å². The maximum Gasteiger partial charge on any atom is 0.338 e. The largest absolute Gasteiger partial charge is 0.462 e. The van der Waals surface area contributed by atoms with Crippen LogP contribution in [0.3, 0.4) is 0 Å². The first kappa shape index (κ1) is 19.6. The Kier molecular flexibility index (Phi) is 5.78. The number of rotatable bonds is 5. The van der Waals surface area contributed by atoms with Crippen LogP contribution < -0.4 is 15.8 Å². The van der Waals surface area contributed by atoms with Gasteiger partial charge in [0.1, 0.15) is 12.2 Å². The highest BCUT2D eigenvalue weighted by Gasteiger charge is 2.26. The number of nitrogens with zero attached hydrogens (tertiary/aromatic N) is 3. The van der Waals surface area contributed by atoms with E-state index in [9.17, 15) is 19.2 Å². The third-order valence-electron chi connectivity index (χ3n) is 4.00. The summed E-state index contributed by atoms with van der Waals surface area (Å²) in [5, 5.41) is 6.64. The summed E-state index contributed by atoms with van der Waals surface area (Å²) in [7, 11) is 1.52. The number of fused-ring (bicyclic) bond motifs is 1. The van der Waals surface area contributed by atoms with Gasteiger partial charge in [0.2, 0.25) is 11.8 Å². The van der Waals surface area contributed by atoms with Crippen molar-refractivity contribution >= 4 is 40.9 Å². The molecule has 1 N–H and O–H groups in total. The Morgan fingerprint density at radius 2 is 2.11 bits per heavy atom. The molecule has 0 saturated heterocycles. The van der Waals surface area contributed by atoms with Crippen molar-refractivity contribution in [1.82, 2.24) is 9.78 Å². The summed E-state index contributed by atoms with van der Waals surface area (Å²) in [5.41, 5.74) is 0.398. The first-order valence-corrected chi connectivity index (χ1v) is 9.45. The van der Waals surface area contributed by atoms with Crippen molar-refractivity contribution in [2.75, 3.05) is 29.6 Å². The Hall–Kier alpha value is -3.14. The number of aromatic nitrogens is 2. The molecular formula is C18H18N4O5S. The topological polar surface area (TPSA) is 111 Å². The molecule has 0 aliphatic carbocycles. The van der Waals surface area contributed by atoms with E-state index in [1.807, 2.05) is 0 Å². The molecule has 0 unspecified atom stereocenters. The van der Waals surface area contributed by atoms with Gasteiger partial charge in [-0.2, -0.15) is 5.10 Å². The molecule has 2 amide bonds. The Balaban J connectivity index is 1.76. The number of nitrogens with one attached hydrogen (secondary N) is 1. The van der Waals surface area contributed by atoms with Crippen LogP contribution in [-0.2, 0) is 20.9 Å². The summed E-state index contributed by atoms with van der Waals surface area (Å²) in [6.07, 6.45) is 1.47. The second kappa shape index (κ2) is 8.26. The zero-order valence-corrected chi connectivity index (χ0v) is 16.1. The SMILES string of the molecule is CCOC(=O)c1cccc(NC(=O)Cn2ncc3c(c2=O)N(C)C(=O)CS3)c1. The van der Waals surface area contributed by atoms with Crippen LogP contribution in [0.4, 0.5) is 11.4 Å². The molecule has 9 nitrogen and oxygen atoms in total. The van der Waals surface area contributed by atoms with Gasteiger partial charge in [-0.15, -0.1) is 11.8 Å². The number of anilines is 2. The summed E-state index contributed by atoms with van der Waals surface area (Å²) in [6.45, 7) is 1.62. The molecule has 146 valence electrons. The zero-order valence-electron chi connectivity index (χ0n) is 15.3. The van der Waals surface area contributed by atoms with Crippen LogP contribution in [0.25, 0.3) is 0 Å². The van der Waals surface area contributed by atoms with Crippen LogP contribution in [-0.4, -0.2) is 47.0 Å². The van der Waals surface area contributed by atoms with Crippen molar-refractivity contribution < 1.29 is 19.1 Å². The summed E-state index contributed by atoms with van der Waals surface area (Å²) in [5.74, 6) is -0.927. The average Bonchev–Trinajstić information content (AvgIpc) is 2.67. The first-order valence-electron chi connectivity index (χ1n) is 8.47. The van der Waals surface area contributed by atoms with Gasteiger partial charge in [0.05, 0.1) is 29.0 Å². The quantitative estimate of drug-likeness (QED) is 0.746. The number of amides is 2. The molecular weight excluding hydrogens is 384 g/mol. The van der Waals surface area contributed by atoms with Gasteiger partial charge in [0.15, 0.2) is 0 Å². The number of esters is 1. The Morgan fingerprint density at radius 3 is 2.86 bits per heavy atom.